The summed E-state index contributed by atoms with van der Waals surface area (Å²) in [6.45, 7) is 11.0. The van der Waals surface area contributed by atoms with Crippen molar-refractivity contribution in [2.45, 2.75) is 78.2 Å². The van der Waals surface area contributed by atoms with Crippen molar-refractivity contribution in [1.82, 2.24) is 9.13 Å². The Morgan fingerprint density at radius 2 is 1.55 bits per heavy atom. The fraction of sp³-hybridized carbons (Fsp3) is 0.483. The fourth-order valence-electron chi connectivity index (χ4n) is 4.04. The summed E-state index contributed by atoms with van der Waals surface area (Å²) in [7, 11) is 3.44. The molecular formula is C29H39N3O6. The van der Waals surface area contributed by atoms with Crippen LogP contribution >= 0.6 is 0 Å². The second kappa shape index (κ2) is 11.4. The Kier molecular flexibility index (Phi) is 8.72. The molecule has 1 unspecified atom stereocenters. The van der Waals surface area contributed by atoms with Gasteiger partial charge in [-0.15, -0.1) is 0 Å². The standard InChI is InChI=1S/C29H39N3O6/c1-28(2,3)37-25(33)17-16-23(26(34)38-29(4,5)6)32-22-15-14-21(18-24(22)30(7)27(32)35)31(8)36-19-20-12-10-9-11-13-20/h9-15,18,23H,16-17,19H2,1-8H3. The third kappa shape index (κ3) is 7.47. The number of nitrogens with zero attached hydrogens (tertiary/aromatic N) is 3. The molecule has 0 aliphatic carbocycles. The van der Waals surface area contributed by atoms with E-state index in [0.717, 1.165) is 11.3 Å². The largest absolute Gasteiger partial charge is 0.460 e. The van der Waals surface area contributed by atoms with Crippen LogP contribution in [0.15, 0.2) is 53.3 Å². The molecule has 9 nitrogen and oxygen atoms in total. The Morgan fingerprint density at radius 3 is 2.16 bits per heavy atom. The van der Waals surface area contributed by atoms with E-state index in [0.29, 0.717) is 17.6 Å². The van der Waals surface area contributed by atoms with Gasteiger partial charge in [-0.1, -0.05) is 30.3 Å². The van der Waals surface area contributed by atoms with E-state index in [4.69, 9.17) is 14.3 Å². The van der Waals surface area contributed by atoms with Crippen molar-refractivity contribution in [2.75, 3.05) is 12.1 Å². The Bertz CT molecular complexity index is 1330. The van der Waals surface area contributed by atoms with E-state index < -0.39 is 29.2 Å². The summed E-state index contributed by atoms with van der Waals surface area (Å²) in [4.78, 5) is 45.1. The molecule has 38 heavy (non-hydrogen) atoms. The lowest BCUT2D eigenvalue weighted by atomic mass is 10.1. The molecule has 0 bridgehead atoms. The zero-order valence-corrected chi connectivity index (χ0v) is 23.6. The van der Waals surface area contributed by atoms with Crippen LogP contribution in [0.2, 0.25) is 0 Å². The normalized spacial score (nSPS) is 12.8. The third-order valence-corrected chi connectivity index (χ3v) is 5.74. The second-order valence-corrected chi connectivity index (χ2v) is 11.3. The number of anilines is 1. The van der Waals surface area contributed by atoms with E-state index in [2.05, 4.69) is 0 Å². The molecule has 0 fully saturated rings. The number of benzene rings is 2. The van der Waals surface area contributed by atoms with Crippen LogP contribution in [0.1, 0.15) is 66.0 Å². The highest BCUT2D eigenvalue weighted by Crippen LogP contribution is 2.27. The number of aryl methyl sites for hydroxylation is 1. The number of hydroxylamine groups is 1. The van der Waals surface area contributed by atoms with Crippen molar-refractivity contribution in [1.29, 1.82) is 0 Å². The van der Waals surface area contributed by atoms with Gasteiger partial charge in [0.25, 0.3) is 0 Å². The quantitative estimate of drug-likeness (QED) is 0.289. The van der Waals surface area contributed by atoms with Gasteiger partial charge in [-0.05, 0) is 71.7 Å². The smallest absolute Gasteiger partial charge is 0.329 e. The minimum atomic E-state index is -1.00. The topological polar surface area (TPSA) is 92.0 Å². The number of aromatic nitrogens is 2. The molecule has 0 saturated carbocycles. The summed E-state index contributed by atoms with van der Waals surface area (Å²) < 4.78 is 14.0. The van der Waals surface area contributed by atoms with Crippen LogP contribution in [0.4, 0.5) is 5.69 Å². The predicted octanol–water partition coefficient (Wildman–Crippen LogP) is 4.91. The van der Waals surface area contributed by atoms with E-state index in [1.807, 2.05) is 42.5 Å². The van der Waals surface area contributed by atoms with Crippen LogP contribution in [0.5, 0.6) is 0 Å². The number of imidazole rings is 1. The Hall–Kier alpha value is -3.59. The molecule has 0 N–H and O–H groups in total. The van der Waals surface area contributed by atoms with Gasteiger partial charge in [-0.25, -0.2) is 9.59 Å². The van der Waals surface area contributed by atoms with Crippen molar-refractivity contribution in [3.63, 3.8) is 0 Å². The SMILES string of the molecule is CN(OCc1ccccc1)c1ccc2c(c1)n(C)c(=O)n2C(CCC(=O)OC(C)(C)C)C(=O)OC(C)(C)C. The maximum absolute atomic E-state index is 13.4. The lowest BCUT2D eigenvalue weighted by molar-refractivity contribution is -0.160. The minimum Gasteiger partial charge on any atom is -0.460 e. The molecule has 0 spiro atoms. The van der Waals surface area contributed by atoms with Crippen molar-refractivity contribution < 1.29 is 23.9 Å². The maximum atomic E-state index is 13.4. The average molecular weight is 526 g/mol. The summed E-state index contributed by atoms with van der Waals surface area (Å²) in [5.74, 6) is -1.03. The van der Waals surface area contributed by atoms with Gasteiger partial charge in [-0.3, -0.25) is 23.8 Å². The van der Waals surface area contributed by atoms with Gasteiger partial charge in [0.1, 0.15) is 17.2 Å². The number of esters is 2. The predicted molar refractivity (Wildman–Crippen MR) is 147 cm³/mol. The van der Waals surface area contributed by atoms with Gasteiger partial charge in [0.2, 0.25) is 0 Å². The maximum Gasteiger partial charge on any atom is 0.329 e. The molecule has 0 amide bonds. The molecule has 1 atom stereocenters. The summed E-state index contributed by atoms with van der Waals surface area (Å²) in [6.07, 6.45) is 0.0167. The highest BCUT2D eigenvalue weighted by atomic mass is 16.7. The number of ether oxygens (including phenoxy) is 2. The monoisotopic (exact) mass is 525 g/mol. The van der Waals surface area contributed by atoms with Gasteiger partial charge in [-0.2, -0.15) is 0 Å². The Labute approximate surface area is 223 Å². The van der Waals surface area contributed by atoms with Crippen LogP contribution in [0.25, 0.3) is 11.0 Å². The first-order chi connectivity index (χ1) is 17.7. The number of carbonyl (C=O) groups excluding carboxylic acids is 2. The van der Waals surface area contributed by atoms with Crippen molar-refractivity contribution in [3.05, 3.63) is 64.6 Å². The van der Waals surface area contributed by atoms with E-state index >= 15 is 0 Å². The summed E-state index contributed by atoms with van der Waals surface area (Å²) in [6, 6.07) is 14.2. The Morgan fingerprint density at radius 1 is 0.921 bits per heavy atom. The second-order valence-electron chi connectivity index (χ2n) is 11.3. The summed E-state index contributed by atoms with van der Waals surface area (Å²) >= 11 is 0. The first-order valence-corrected chi connectivity index (χ1v) is 12.7. The van der Waals surface area contributed by atoms with Crippen LogP contribution in [0.3, 0.4) is 0 Å². The zero-order valence-electron chi connectivity index (χ0n) is 23.6. The van der Waals surface area contributed by atoms with Crippen LogP contribution in [-0.4, -0.2) is 39.3 Å². The first-order valence-electron chi connectivity index (χ1n) is 12.7. The minimum absolute atomic E-state index is 0.0435. The number of hydrogen-bond donors (Lipinski definition) is 0. The number of hydrogen-bond acceptors (Lipinski definition) is 7. The molecule has 1 heterocycles. The molecule has 2 aromatic carbocycles. The van der Waals surface area contributed by atoms with Gasteiger partial charge in [0.05, 0.1) is 23.3 Å². The molecular weight excluding hydrogens is 486 g/mol. The molecule has 1 aromatic heterocycles. The molecule has 0 aliphatic rings. The highest BCUT2D eigenvalue weighted by molar-refractivity contribution is 5.84. The molecule has 3 aromatic rings. The summed E-state index contributed by atoms with van der Waals surface area (Å²) in [5.41, 5.74) is 1.14. The van der Waals surface area contributed by atoms with Crippen molar-refractivity contribution in [2.24, 2.45) is 7.05 Å². The fourth-order valence-corrected chi connectivity index (χ4v) is 4.04. The molecule has 0 radical (unpaired) electrons. The van der Waals surface area contributed by atoms with E-state index in [9.17, 15) is 14.4 Å². The third-order valence-electron chi connectivity index (χ3n) is 5.74. The molecule has 3 rings (SSSR count). The highest BCUT2D eigenvalue weighted by Gasteiger charge is 2.31. The average Bonchev–Trinajstić information content (AvgIpc) is 3.06. The van der Waals surface area contributed by atoms with Crippen molar-refractivity contribution >= 4 is 28.7 Å². The molecule has 0 aliphatic heterocycles. The van der Waals surface area contributed by atoms with Crippen LogP contribution in [0, 0.1) is 0 Å². The summed E-state index contributed by atoms with van der Waals surface area (Å²) in [5, 5.41) is 1.64. The van der Waals surface area contributed by atoms with Gasteiger partial charge >= 0.3 is 17.6 Å². The Balaban J connectivity index is 1.93. The van der Waals surface area contributed by atoms with Crippen molar-refractivity contribution in [3.8, 4) is 0 Å². The molecule has 0 saturated heterocycles. The van der Waals surface area contributed by atoms with E-state index in [1.54, 1.807) is 66.8 Å². The first kappa shape index (κ1) is 29.0. The number of fused-ring (bicyclic) bond motifs is 1. The lowest BCUT2D eigenvalue weighted by Gasteiger charge is -2.25. The van der Waals surface area contributed by atoms with Crippen LogP contribution < -0.4 is 10.8 Å². The molecule has 9 heteroatoms. The van der Waals surface area contributed by atoms with Gasteiger partial charge < -0.3 is 9.47 Å². The molecule has 206 valence electrons. The van der Waals surface area contributed by atoms with Gasteiger partial charge in [0.15, 0.2) is 0 Å². The van der Waals surface area contributed by atoms with Gasteiger partial charge in [0, 0.05) is 20.5 Å². The lowest BCUT2D eigenvalue weighted by Crippen LogP contribution is -2.36. The number of carbonyl (C=O) groups is 2. The zero-order chi connectivity index (χ0) is 28.3. The van der Waals surface area contributed by atoms with E-state index in [-0.39, 0.29) is 18.5 Å². The van der Waals surface area contributed by atoms with Crippen LogP contribution in [-0.2, 0) is 37.6 Å². The number of rotatable bonds is 9. The van der Waals surface area contributed by atoms with E-state index in [1.165, 1.54) is 9.13 Å².